The third-order valence-corrected chi connectivity index (χ3v) is 2.78. The van der Waals surface area contributed by atoms with Crippen LogP contribution in [0.15, 0.2) is 0 Å². The minimum atomic E-state index is -4.13. The molecule has 0 bridgehead atoms. The first-order chi connectivity index (χ1) is 7.10. The second kappa shape index (κ2) is 5.58. The van der Waals surface area contributed by atoms with Crippen molar-refractivity contribution in [2.24, 2.45) is 5.41 Å². The van der Waals surface area contributed by atoms with Gasteiger partial charge in [0.15, 0.2) is 0 Å². The lowest BCUT2D eigenvalue weighted by Crippen LogP contribution is -2.46. The molecule has 0 rings (SSSR count). The molecular formula is C8H17NO6S. The Morgan fingerprint density at radius 2 is 1.94 bits per heavy atom. The molecule has 8 heteroatoms. The van der Waals surface area contributed by atoms with Gasteiger partial charge in [0.1, 0.15) is 6.10 Å². The fraction of sp³-hybridized carbons (Fsp3) is 0.875. The van der Waals surface area contributed by atoms with Crippen LogP contribution in [0, 0.1) is 5.41 Å². The van der Waals surface area contributed by atoms with Crippen molar-refractivity contribution in [2.45, 2.75) is 20.0 Å². The van der Waals surface area contributed by atoms with Gasteiger partial charge in [0.2, 0.25) is 5.91 Å². The molecule has 0 aliphatic rings. The highest BCUT2D eigenvalue weighted by Gasteiger charge is 2.32. The van der Waals surface area contributed by atoms with Gasteiger partial charge in [0, 0.05) is 12.0 Å². The highest BCUT2D eigenvalue weighted by atomic mass is 32.2. The third-order valence-electron chi connectivity index (χ3n) is 2.06. The highest BCUT2D eigenvalue weighted by molar-refractivity contribution is 7.85. The summed E-state index contributed by atoms with van der Waals surface area (Å²) < 4.78 is 29.1. The molecular weight excluding hydrogens is 238 g/mol. The number of hydrogen-bond donors (Lipinski definition) is 4. The Morgan fingerprint density at radius 1 is 1.44 bits per heavy atom. The van der Waals surface area contributed by atoms with Crippen molar-refractivity contribution < 1.29 is 28.0 Å². The van der Waals surface area contributed by atoms with E-state index in [-0.39, 0.29) is 13.2 Å². The molecule has 0 saturated carbocycles. The van der Waals surface area contributed by atoms with Crippen molar-refractivity contribution in [3.8, 4) is 0 Å². The maximum absolute atomic E-state index is 11.3. The zero-order chi connectivity index (χ0) is 13.0. The smallest absolute Gasteiger partial charge is 0.266 e. The summed E-state index contributed by atoms with van der Waals surface area (Å²) in [4.78, 5) is 11.3. The fourth-order valence-electron chi connectivity index (χ4n) is 0.841. The van der Waals surface area contributed by atoms with Gasteiger partial charge in [-0.1, -0.05) is 13.8 Å². The Hall–Kier alpha value is -0.700. The van der Waals surface area contributed by atoms with E-state index in [0.29, 0.717) is 0 Å². The molecule has 96 valence electrons. The summed E-state index contributed by atoms with van der Waals surface area (Å²) in [5.74, 6) is -1.41. The Kier molecular flexibility index (Phi) is 5.33. The number of amides is 1. The molecule has 0 aromatic heterocycles. The minimum Gasteiger partial charge on any atom is -0.396 e. The maximum Gasteiger partial charge on any atom is 0.266 e. The minimum absolute atomic E-state index is 0.295. The molecule has 7 nitrogen and oxygen atoms in total. The zero-order valence-corrected chi connectivity index (χ0v) is 9.99. The summed E-state index contributed by atoms with van der Waals surface area (Å²) in [7, 11) is -4.13. The van der Waals surface area contributed by atoms with Crippen LogP contribution in [0.3, 0.4) is 0 Å². The summed E-state index contributed by atoms with van der Waals surface area (Å²) in [5.41, 5.74) is -1.01. The Labute approximate surface area is 94.2 Å². The van der Waals surface area contributed by atoms with Crippen LogP contribution in [0.2, 0.25) is 0 Å². The van der Waals surface area contributed by atoms with Gasteiger partial charge in [-0.15, -0.1) is 0 Å². The molecule has 1 atom stereocenters. The normalized spacial score (nSPS) is 14.6. The van der Waals surface area contributed by atoms with E-state index in [1.54, 1.807) is 0 Å². The number of carbonyl (C=O) groups excluding carboxylic acids is 1. The van der Waals surface area contributed by atoms with E-state index in [2.05, 4.69) is 5.32 Å². The van der Waals surface area contributed by atoms with E-state index < -0.39 is 33.3 Å². The first-order valence-corrected chi connectivity index (χ1v) is 6.23. The average Bonchev–Trinajstić information content (AvgIpc) is 2.14. The van der Waals surface area contributed by atoms with E-state index in [1.165, 1.54) is 13.8 Å². The molecule has 0 saturated heterocycles. The van der Waals surface area contributed by atoms with Gasteiger partial charge < -0.3 is 15.5 Å². The van der Waals surface area contributed by atoms with E-state index in [1.807, 2.05) is 0 Å². The Bertz CT molecular complexity index is 336. The lowest BCUT2D eigenvalue weighted by atomic mass is 9.87. The molecule has 0 aromatic carbocycles. The fourth-order valence-corrected chi connectivity index (χ4v) is 1.20. The first-order valence-electron chi connectivity index (χ1n) is 4.62. The highest BCUT2D eigenvalue weighted by Crippen LogP contribution is 2.19. The molecule has 16 heavy (non-hydrogen) atoms. The Balaban J connectivity index is 4.18. The van der Waals surface area contributed by atoms with Crippen molar-refractivity contribution in [3.63, 3.8) is 0 Å². The van der Waals surface area contributed by atoms with E-state index >= 15 is 0 Å². The van der Waals surface area contributed by atoms with Gasteiger partial charge in [-0.3, -0.25) is 9.35 Å². The van der Waals surface area contributed by atoms with Crippen molar-refractivity contribution in [3.05, 3.63) is 0 Å². The van der Waals surface area contributed by atoms with Gasteiger partial charge in [0.25, 0.3) is 10.1 Å². The van der Waals surface area contributed by atoms with Crippen LogP contribution in [0.5, 0.6) is 0 Å². The predicted octanol–water partition coefficient (Wildman–Crippen LogP) is -1.63. The van der Waals surface area contributed by atoms with Gasteiger partial charge in [-0.05, 0) is 0 Å². The molecule has 0 spiro atoms. The second-order valence-electron chi connectivity index (χ2n) is 4.13. The summed E-state index contributed by atoms with van der Waals surface area (Å²) in [5, 5.41) is 20.5. The second-order valence-corrected chi connectivity index (χ2v) is 5.70. The summed E-state index contributed by atoms with van der Waals surface area (Å²) in [6.45, 7) is 2.29. The van der Waals surface area contributed by atoms with Crippen LogP contribution < -0.4 is 5.32 Å². The standard InChI is InChI=1S/C8H17NO6S/c1-8(2,5-10)6(11)7(12)9-3-4-16(13,14)15/h6,10-11H,3-5H2,1-2H3,(H,9,12)(H,13,14,15)/t6-/m1/s1. The van der Waals surface area contributed by atoms with Crippen LogP contribution in [0.25, 0.3) is 0 Å². The zero-order valence-electron chi connectivity index (χ0n) is 9.17. The SMILES string of the molecule is CC(C)(CO)[C@H](O)C(=O)NCCS(=O)(=O)O. The van der Waals surface area contributed by atoms with Crippen molar-refractivity contribution >= 4 is 16.0 Å². The number of carbonyl (C=O) groups is 1. The van der Waals surface area contributed by atoms with Crippen LogP contribution in [0.1, 0.15) is 13.8 Å². The summed E-state index contributed by atoms with van der Waals surface area (Å²) in [6, 6.07) is 0. The molecule has 0 aliphatic carbocycles. The van der Waals surface area contributed by atoms with Crippen LogP contribution in [0.4, 0.5) is 0 Å². The van der Waals surface area contributed by atoms with Gasteiger partial charge in [0.05, 0.1) is 12.4 Å². The summed E-state index contributed by atoms with van der Waals surface area (Å²) in [6.07, 6.45) is -1.45. The monoisotopic (exact) mass is 255 g/mol. The van der Waals surface area contributed by atoms with Crippen molar-refractivity contribution in [2.75, 3.05) is 18.9 Å². The molecule has 0 unspecified atom stereocenters. The van der Waals surface area contributed by atoms with Gasteiger partial charge >= 0.3 is 0 Å². The molecule has 1 amide bonds. The van der Waals surface area contributed by atoms with Gasteiger partial charge in [-0.25, -0.2) is 0 Å². The van der Waals surface area contributed by atoms with Gasteiger partial charge in [-0.2, -0.15) is 8.42 Å². The van der Waals surface area contributed by atoms with Crippen molar-refractivity contribution in [1.82, 2.24) is 5.32 Å². The summed E-state index contributed by atoms with van der Waals surface area (Å²) >= 11 is 0. The van der Waals surface area contributed by atoms with Crippen LogP contribution in [-0.4, -0.2) is 54.1 Å². The van der Waals surface area contributed by atoms with Crippen LogP contribution >= 0.6 is 0 Å². The molecule has 0 radical (unpaired) electrons. The lowest BCUT2D eigenvalue weighted by Gasteiger charge is -2.26. The van der Waals surface area contributed by atoms with E-state index in [0.717, 1.165) is 0 Å². The third kappa shape index (κ3) is 5.40. The molecule has 0 heterocycles. The first kappa shape index (κ1) is 15.3. The molecule has 4 N–H and O–H groups in total. The topological polar surface area (TPSA) is 124 Å². The van der Waals surface area contributed by atoms with E-state index in [9.17, 15) is 18.3 Å². The molecule has 0 aromatic rings. The Morgan fingerprint density at radius 3 is 2.31 bits per heavy atom. The number of aliphatic hydroxyl groups is 2. The molecule has 0 fully saturated rings. The molecule has 0 aliphatic heterocycles. The number of hydrogen-bond acceptors (Lipinski definition) is 5. The average molecular weight is 255 g/mol. The predicted molar refractivity (Wildman–Crippen MR) is 56.3 cm³/mol. The maximum atomic E-state index is 11.3. The van der Waals surface area contributed by atoms with Crippen LogP contribution in [-0.2, 0) is 14.9 Å². The largest absolute Gasteiger partial charge is 0.396 e. The van der Waals surface area contributed by atoms with Crippen molar-refractivity contribution in [1.29, 1.82) is 0 Å². The number of rotatable bonds is 6. The quantitative estimate of drug-likeness (QED) is 0.422. The van der Waals surface area contributed by atoms with E-state index in [4.69, 9.17) is 9.66 Å². The number of aliphatic hydroxyl groups excluding tert-OH is 2. The number of nitrogens with one attached hydrogen (secondary N) is 1. The lowest BCUT2D eigenvalue weighted by molar-refractivity contribution is -0.136.